The maximum Gasteiger partial charge on any atom is 1.00 e. The number of carbonyl (C=O) groups is 1. The fraction of sp³-hybridized carbons (Fsp3) is 0.625. The fourth-order valence-electron chi connectivity index (χ4n) is 3.31. The monoisotopic (exact) mass is 464 g/mol. The van der Waals surface area contributed by atoms with Crippen molar-refractivity contribution in [3.8, 4) is 0 Å². The first-order chi connectivity index (χ1) is 14.2. The second-order valence-electron chi connectivity index (χ2n) is 7.48. The van der Waals surface area contributed by atoms with Gasteiger partial charge in [-0.2, -0.15) is 0 Å². The number of urea groups is 1. The maximum atomic E-state index is 12.1. The third kappa shape index (κ3) is 5.27. The van der Waals surface area contributed by atoms with Crippen molar-refractivity contribution in [2.24, 2.45) is 5.92 Å². The summed E-state index contributed by atoms with van der Waals surface area (Å²) in [6.45, 7) is 4.37. The summed E-state index contributed by atoms with van der Waals surface area (Å²) in [6, 6.07) is -0.426. The quantitative estimate of drug-likeness (QED) is 0.309. The van der Waals surface area contributed by atoms with Crippen LogP contribution in [0.15, 0.2) is 12.7 Å². The number of anilines is 1. The van der Waals surface area contributed by atoms with Gasteiger partial charge < -0.3 is 29.1 Å². The Bertz CT molecular complexity index is 991. The van der Waals surface area contributed by atoms with E-state index in [-0.39, 0.29) is 53.1 Å². The van der Waals surface area contributed by atoms with Crippen molar-refractivity contribution in [3.05, 3.63) is 12.7 Å². The number of phosphoric acid groups is 1. The van der Waals surface area contributed by atoms with E-state index in [0.29, 0.717) is 12.5 Å². The van der Waals surface area contributed by atoms with Gasteiger partial charge in [0.15, 0.2) is 23.2 Å². The second kappa shape index (κ2) is 9.77. The van der Waals surface area contributed by atoms with Gasteiger partial charge in [0, 0.05) is 6.54 Å². The minimum atomic E-state index is -4.48. The van der Waals surface area contributed by atoms with E-state index < -0.39 is 38.4 Å². The van der Waals surface area contributed by atoms with E-state index in [1.54, 1.807) is 0 Å². The van der Waals surface area contributed by atoms with Crippen LogP contribution in [0.25, 0.3) is 11.2 Å². The summed E-state index contributed by atoms with van der Waals surface area (Å²) in [7, 11) is -4.48. The summed E-state index contributed by atoms with van der Waals surface area (Å²) < 4.78 is 28.2. The van der Waals surface area contributed by atoms with Gasteiger partial charge in [-0.3, -0.25) is 14.4 Å². The number of aliphatic hydroxyl groups is 1. The predicted molar refractivity (Wildman–Crippen MR) is 100 cm³/mol. The third-order valence-electron chi connectivity index (χ3n) is 4.83. The van der Waals surface area contributed by atoms with Crippen molar-refractivity contribution in [3.63, 3.8) is 0 Å². The summed E-state index contributed by atoms with van der Waals surface area (Å²) in [5, 5.41) is 15.9. The van der Waals surface area contributed by atoms with Gasteiger partial charge >= 0.3 is 35.6 Å². The molecule has 2 aliphatic rings. The number of carbonyl (C=O) groups excluding carboxylic acids is 1. The zero-order valence-corrected chi connectivity index (χ0v) is 20.2. The fourth-order valence-corrected chi connectivity index (χ4v) is 4.26. The standard InChI is InChI=1S/C16H23N6O7P.Na/c1-8(2)3-4-17-16(24)21-13-10-14(19-6-18-13)22(7-20-10)15-11(23)12-9(28-15)5-27-30(25,26)29-12;/h6-9,11-12,15,23H,3-5H2,1-2H3,(H,25,26)(H2,17,18,19,21,24);/q;+1/p-1/t9-,11-,12-,15-;/m1./s1. The molecule has 0 bridgehead atoms. The summed E-state index contributed by atoms with van der Waals surface area (Å²) in [5.41, 5.74) is 0.574. The first-order valence-corrected chi connectivity index (χ1v) is 10.9. The number of fused-ring (bicyclic) bond motifs is 2. The molecule has 3 N–H and O–H groups in total. The topological polar surface area (TPSA) is 173 Å². The Morgan fingerprint density at radius 1 is 1.42 bits per heavy atom. The smallest absolute Gasteiger partial charge is 0.756 e. The van der Waals surface area contributed by atoms with E-state index in [9.17, 15) is 19.4 Å². The van der Waals surface area contributed by atoms with Crippen molar-refractivity contribution in [1.82, 2.24) is 24.8 Å². The summed E-state index contributed by atoms with van der Waals surface area (Å²) in [5.74, 6) is 0.646. The molecule has 1 unspecified atom stereocenters. The Morgan fingerprint density at radius 2 is 2.19 bits per heavy atom. The molecule has 0 aliphatic carbocycles. The van der Waals surface area contributed by atoms with Gasteiger partial charge in [0.05, 0.1) is 12.9 Å². The first-order valence-electron chi connectivity index (χ1n) is 9.45. The van der Waals surface area contributed by atoms with Crippen LogP contribution in [-0.4, -0.2) is 62.1 Å². The molecule has 164 valence electrons. The summed E-state index contributed by atoms with van der Waals surface area (Å²) in [4.78, 5) is 36.1. The zero-order valence-electron chi connectivity index (χ0n) is 17.3. The average molecular weight is 464 g/mol. The van der Waals surface area contributed by atoms with E-state index in [1.165, 1.54) is 17.2 Å². The Morgan fingerprint density at radius 3 is 2.94 bits per heavy atom. The van der Waals surface area contributed by atoms with E-state index in [4.69, 9.17) is 9.26 Å². The van der Waals surface area contributed by atoms with Gasteiger partial charge in [-0.1, -0.05) is 13.8 Å². The molecule has 0 radical (unpaired) electrons. The molecule has 2 aromatic rings. The number of rotatable bonds is 5. The Kier molecular flexibility index (Phi) is 7.72. The third-order valence-corrected chi connectivity index (χ3v) is 5.80. The van der Waals surface area contributed by atoms with Crippen molar-refractivity contribution in [2.75, 3.05) is 18.5 Å². The maximum absolute atomic E-state index is 12.1. The summed E-state index contributed by atoms with van der Waals surface area (Å²) in [6.07, 6.45) is -0.740. The second-order valence-corrected chi connectivity index (χ2v) is 8.84. The number of aromatic nitrogens is 4. The molecule has 0 saturated carbocycles. The number of imidazole rings is 1. The molecule has 2 fully saturated rings. The van der Waals surface area contributed by atoms with Crippen LogP contribution in [0.4, 0.5) is 10.6 Å². The van der Waals surface area contributed by atoms with Crippen LogP contribution in [0.2, 0.25) is 0 Å². The Labute approximate surface area is 199 Å². The molecule has 4 heterocycles. The predicted octanol–water partition coefficient (Wildman–Crippen LogP) is -2.86. The van der Waals surface area contributed by atoms with Crippen molar-refractivity contribution in [1.29, 1.82) is 0 Å². The van der Waals surface area contributed by atoms with Crippen molar-refractivity contribution < 1.29 is 62.7 Å². The number of phosphoric ester groups is 1. The van der Waals surface area contributed by atoms with Crippen LogP contribution in [0.5, 0.6) is 0 Å². The van der Waals surface area contributed by atoms with Gasteiger partial charge in [0.25, 0.3) is 7.82 Å². The molecule has 2 amide bonds. The number of nitrogens with one attached hydrogen (secondary N) is 2. The molecular formula is C16H22N6NaO7P. The molecule has 13 nitrogen and oxygen atoms in total. The van der Waals surface area contributed by atoms with Gasteiger partial charge in [-0.15, -0.1) is 0 Å². The molecule has 4 rings (SSSR count). The minimum Gasteiger partial charge on any atom is -0.756 e. The zero-order chi connectivity index (χ0) is 21.5. The average Bonchev–Trinajstić information content (AvgIpc) is 3.23. The number of amides is 2. The molecule has 0 aromatic carbocycles. The molecule has 2 aromatic heterocycles. The first kappa shape index (κ1) is 24.5. The molecule has 2 aliphatic heterocycles. The molecular weight excluding hydrogens is 442 g/mol. The van der Waals surface area contributed by atoms with E-state index >= 15 is 0 Å². The van der Waals surface area contributed by atoms with Crippen molar-refractivity contribution >= 4 is 30.8 Å². The van der Waals surface area contributed by atoms with Crippen LogP contribution in [0, 0.1) is 5.92 Å². The number of nitrogens with zero attached hydrogens (tertiary/aromatic N) is 4. The largest absolute Gasteiger partial charge is 1.00 e. The number of hydrogen-bond acceptors (Lipinski definition) is 10. The molecule has 15 heteroatoms. The van der Waals surface area contributed by atoms with Crippen LogP contribution in [0.3, 0.4) is 0 Å². The van der Waals surface area contributed by atoms with Crippen LogP contribution >= 0.6 is 7.82 Å². The number of aliphatic hydroxyl groups excluding tert-OH is 1. The van der Waals surface area contributed by atoms with Gasteiger partial charge in [-0.05, 0) is 12.3 Å². The van der Waals surface area contributed by atoms with Crippen LogP contribution < -0.4 is 45.1 Å². The molecule has 0 spiro atoms. The van der Waals surface area contributed by atoms with Gasteiger partial charge in [0.2, 0.25) is 0 Å². The normalized spacial score (nSPS) is 30.1. The number of ether oxygens (including phenoxy) is 1. The van der Waals surface area contributed by atoms with Crippen molar-refractivity contribution in [2.45, 2.75) is 44.8 Å². The Hall–Kier alpha value is -1.15. The SMILES string of the molecule is CC(C)CCNC(=O)Nc1ncnc2c1ncn2[C@@H]1O[C@@H]2COP(=O)([O-])O[C@H]2[C@H]1O.[Na+]. The Balaban J connectivity index is 0.00000272. The van der Waals surface area contributed by atoms with Crippen LogP contribution in [-0.2, 0) is 18.3 Å². The van der Waals surface area contributed by atoms with E-state index in [1.807, 2.05) is 0 Å². The summed E-state index contributed by atoms with van der Waals surface area (Å²) >= 11 is 0. The number of hydrogen-bond donors (Lipinski definition) is 3. The van der Waals surface area contributed by atoms with Crippen LogP contribution in [0.1, 0.15) is 26.5 Å². The van der Waals surface area contributed by atoms with Gasteiger partial charge in [-0.25, -0.2) is 19.7 Å². The van der Waals surface area contributed by atoms with Gasteiger partial charge in [0.1, 0.15) is 24.6 Å². The molecule has 5 atom stereocenters. The van der Waals surface area contributed by atoms with E-state index in [2.05, 4.69) is 44.0 Å². The van der Waals surface area contributed by atoms with E-state index in [0.717, 1.165) is 6.42 Å². The molecule has 31 heavy (non-hydrogen) atoms. The minimum absolute atomic E-state index is 0. The molecule has 2 saturated heterocycles.